The van der Waals surface area contributed by atoms with Crippen LogP contribution in [0.5, 0.6) is 5.75 Å². The Labute approximate surface area is 106 Å². The summed E-state index contributed by atoms with van der Waals surface area (Å²) in [5.41, 5.74) is 2.49. The molecule has 0 saturated heterocycles. The molecule has 0 fully saturated rings. The van der Waals surface area contributed by atoms with Gasteiger partial charge in [-0.15, -0.1) is 0 Å². The first kappa shape index (κ1) is 14.0. The van der Waals surface area contributed by atoms with E-state index < -0.39 is 10.0 Å². The fourth-order valence-electron chi connectivity index (χ4n) is 1.62. The van der Waals surface area contributed by atoms with Crippen LogP contribution in [0.1, 0.15) is 11.1 Å². The van der Waals surface area contributed by atoms with Crippen molar-refractivity contribution < 1.29 is 13.2 Å². The molecule has 0 radical (unpaired) electrons. The minimum atomic E-state index is -3.70. The van der Waals surface area contributed by atoms with E-state index in [2.05, 4.69) is 0 Å². The first-order valence-corrected chi connectivity index (χ1v) is 6.86. The van der Waals surface area contributed by atoms with E-state index in [1.807, 2.05) is 0 Å². The SMILES string of the molecule is Cc1cc(OC/C=C/Cl)cc(C)c1S(N)(=O)=O. The summed E-state index contributed by atoms with van der Waals surface area (Å²) >= 11 is 5.36. The average molecular weight is 276 g/mol. The zero-order chi connectivity index (χ0) is 13.1. The molecule has 2 N–H and O–H groups in total. The summed E-state index contributed by atoms with van der Waals surface area (Å²) in [7, 11) is -3.70. The van der Waals surface area contributed by atoms with Gasteiger partial charge in [0.2, 0.25) is 10.0 Å². The van der Waals surface area contributed by atoms with Crippen LogP contribution < -0.4 is 9.88 Å². The third-order valence-electron chi connectivity index (χ3n) is 2.15. The number of aryl methyl sites for hydroxylation is 2. The van der Waals surface area contributed by atoms with Crippen molar-refractivity contribution in [2.24, 2.45) is 5.14 Å². The van der Waals surface area contributed by atoms with Crippen LogP contribution in [0.2, 0.25) is 0 Å². The van der Waals surface area contributed by atoms with E-state index >= 15 is 0 Å². The quantitative estimate of drug-likeness (QED) is 0.915. The highest BCUT2D eigenvalue weighted by molar-refractivity contribution is 7.89. The number of nitrogens with two attached hydrogens (primary N) is 1. The van der Waals surface area contributed by atoms with Gasteiger partial charge in [0.1, 0.15) is 12.4 Å². The van der Waals surface area contributed by atoms with Crippen molar-refractivity contribution in [2.45, 2.75) is 18.7 Å². The van der Waals surface area contributed by atoms with E-state index in [1.165, 1.54) is 5.54 Å². The number of hydrogen-bond acceptors (Lipinski definition) is 3. The van der Waals surface area contributed by atoms with Crippen LogP contribution in [0.15, 0.2) is 28.6 Å². The van der Waals surface area contributed by atoms with Gasteiger partial charge in [-0.05, 0) is 43.2 Å². The van der Waals surface area contributed by atoms with Crippen molar-refractivity contribution in [3.8, 4) is 5.75 Å². The number of sulfonamides is 1. The maximum absolute atomic E-state index is 11.4. The zero-order valence-electron chi connectivity index (χ0n) is 9.60. The van der Waals surface area contributed by atoms with E-state index in [0.717, 1.165) is 0 Å². The predicted octanol–water partition coefficient (Wildman–Crippen LogP) is 2.08. The van der Waals surface area contributed by atoms with Crippen LogP contribution >= 0.6 is 11.6 Å². The Balaban J connectivity index is 3.10. The third kappa shape index (κ3) is 3.73. The van der Waals surface area contributed by atoms with E-state index in [9.17, 15) is 8.42 Å². The van der Waals surface area contributed by atoms with E-state index in [4.69, 9.17) is 21.5 Å². The van der Waals surface area contributed by atoms with Gasteiger partial charge >= 0.3 is 0 Å². The molecule has 4 nitrogen and oxygen atoms in total. The minimum absolute atomic E-state index is 0.151. The first-order chi connectivity index (χ1) is 7.86. The third-order valence-corrected chi connectivity index (χ3v) is 3.54. The molecule has 0 amide bonds. The summed E-state index contributed by atoms with van der Waals surface area (Å²) in [6, 6.07) is 3.27. The van der Waals surface area contributed by atoms with Crippen molar-refractivity contribution in [3.63, 3.8) is 0 Å². The van der Waals surface area contributed by atoms with Gasteiger partial charge in [0.15, 0.2) is 0 Å². The lowest BCUT2D eigenvalue weighted by molar-refractivity contribution is 0.362. The molecule has 0 aliphatic heterocycles. The summed E-state index contributed by atoms with van der Waals surface area (Å²) in [6.45, 7) is 3.69. The molecule has 1 aromatic carbocycles. The summed E-state index contributed by atoms with van der Waals surface area (Å²) in [5.74, 6) is 0.585. The number of hydrogen-bond donors (Lipinski definition) is 1. The summed E-state index contributed by atoms with van der Waals surface area (Å²) in [4.78, 5) is 0.151. The van der Waals surface area contributed by atoms with Gasteiger partial charge < -0.3 is 4.74 Å². The molecule has 0 spiro atoms. The summed E-state index contributed by atoms with van der Waals surface area (Å²) in [5, 5.41) is 5.13. The Bertz CT molecular complexity index is 515. The normalized spacial score (nSPS) is 12.0. The highest BCUT2D eigenvalue weighted by atomic mass is 35.5. The van der Waals surface area contributed by atoms with Gasteiger partial charge in [0, 0.05) is 5.54 Å². The molecular formula is C11H14ClNO3S. The Morgan fingerprint density at radius 3 is 2.29 bits per heavy atom. The molecule has 0 atom stereocenters. The molecule has 6 heteroatoms. The second-order valence-corrected chi connectivity index (χ2v) is 5.35. The number of rotatable bonds is 4. The summed E-state index contributed by atoms with van der Waals surface area (Å²) < 4.78 is 28.1. The molecular weight excluding hydrogens is 262 g/mol. The standard InChI is InChI=1S/C11H14ClNO3S/c1-8-6-10(16-5-3-4-12)7-9(2)11(8)17(13,14)15/h3-4,6-7H,5H2,1-2H3,(H2,13,14,15)/b4-3+. The molecule has 1 aromatic rings. The van der Waals surface area contributed by atoms with Gasteiger partial charge in [-0.1, -0.05) is 11.6 Å². The van der Waals surface area contributed by atoms with Gasteiger partial charge in [0.05, 0.1) is 4.90 Å². The van der Waals surface area contributed by atoms with Crippen LogP contribution in [0.3, 0.4) is 0 Å². The smallest absolute Gasteiger partial charge is 0.238 e. The fraction of sp³-hybridized carbons (Fsp3) is 0.273. The van der Waals surface area contributed by atoms with Crippen molar-refractivity contribution >= 4 is 21.6 Å². The first-order valence-electron chi connectivity index (χ1n) is 4.88. The van der Waals surface area contributed by atoms with Crippen LogP contribution in [0.25, 0.3) is 0 Å². The largest absolute Gasteiger partial charge is 0.489 e. The van der Waals surface area contributed by atoms with Crippen molar-refractivity contribution in [2.75, 3.05) is 6.61 Å². The number of halogens is 1. The summed E-state index contributed by atoms with van der Waals surface area (Å²) in [6.07, 6.45) is 1.64. The molecule has 0 aromatic heterocycles. The maximum atomic E-state index is 11.4. The van der Waals surface area contributed by atoms with Crippen molar-refractivity contribution in [1.29, 1.82) is 0 Å². The second-order valence-electron chi connectivity index (χ2n) is 3.60. The van der Waals surface area contributed by atoms with E-state index in [1.54, 1.807) is 32.1 Å². The fourth-order valence-corrected chi connectivity index (χ4v) is 2.71. The molecule has 1 rings (SSSR count). The van der Waals surface area contributed by atoms with Crippen LogP contribution in [-0.4, -0.2) is 15.0 Å². The lowest BCUT2D eigenvalue weighted by Gasteiger charge is -2.11. The molecule has 0 aliphatic rings. The highest BCUT2D eigenvalue weighted by Crippen LogP contribution is 2.24. The maximum Gasteiger partial charge on any atom is 0.238 e. The Morgan fingerprint density at radius 2 is 1.88 bits per heavy atom. The lowest BCUT2D eigenvalue weighted by atomic mass is 10.1. The van der Waals surface area contributed by atoms with Crippen LogP contribution in [-0.2, 0) is 10.0 Å². The van der Waals surface area contributed by atoms with Gasteiger partial charge in [0.25, 0.3) is 0 Å². The molecule has 0 aliphatic carbocycles. The zero-order valence-corrected chi connectivity index (χ0v) is 11.2. The number of benzene rings is 1. The average Bonchev–Trinajstić information content (AvgIpc) is 2.14. The van der Waals surface area contributed by atoms with E-state index in [0.29, 0.717) is 23.5 Å². The number of ether oxygens (including phenoxy) is 1. The molecule has 17 heavy (non-hydrogen) atoms. The molecule has 0 bridgehead atoms. The molecule has 94 valence electrons. The van der Waals surface area contributed by atoms with Crippen molar-refractivity contribution in [3.05, 3.63) is 34.9 Å². The predicted molar refractivity (Wildman–Crippen MR) is 67.8 cm³/mol. The Morgan fingerprint density at radius 1 is 1.35 bits per heavy atom. The van der Waals surface area contributed by atoms with Crippen LogP contribution in [0, 0.1) is 13.8 Å². The van der Waals surface area contributed by atoms with Gasteiger partial charge in [-0.3, -0.25) is 0 Å². The van der Waals surface area contributed by atoms with Crippen LogP contribution in [0.4, 0.5) is 0 Å². The monoisotopic (exact) mass is 275 g/mol. The van der Waals surface area contributed by atoms with E-state index in [-0.39, 0.29) is 4.90 Å². The number of primary sulfonamides is 1. The molecule has 0 unspecified atom stereocenters. The van der Waals surface area contributed by atoms with Gasteiger partial charge in [-0.25, -0.2) is 13.6 Å². The van der Waals surface area contributed by atoms with Crippen molar-refractivity contribution in [1.82, 2.24) is 0 Å². The van der Waals surface area contributed by atoms with Gasteiger partial charge in [-0.2, -0.15) is 0 Å². The second kappa shape index (κ2) is 5.53. The Hall–Kier alpha value is -1.04. The highest BCUT2D eigenvalue weighted by Gasteiger charge is 2.15. The Kier molecular flexibility index (Phi) is 4.56. The molecule has 0 heterocycles. The minimum Gasteiger partial charge on any atom is -0.489 e. The lowest BCUT2D eigenvalue weighted by Crippen LogP contribution is -2.15. The topological polar surface area (TPSA) is 69.4 Å². The molecule has 0 saturated carbocycles.